The van der Waals surface area contributed by atoms with Crippen LogP contribution in [0.2, 0.25) is 0 Å². The molecule has 1 N–H and O–H groups in total. The highest BCUT2D eigenvalue weighted by Crippen LogP contribution is 2.56. The molecular formula is C21H32N2O3S. The quantitative estimate of drug-likeness (QED) is 0.771. The Morgan fingerprint density at radius 2 is 1.78 bits per heavy atom. The third-order valence-electron chi connectivity index (χ3n) is 5.45. The minimum atomic E-state index is -1.14. The molecule has 2 atom stereocenters. The van der Waals surface area contributed by atoms with Gasteiger partial charge in [0, 0.05) is 29.9 Å². The Bertz CT molecular complexity index is 700. The molecule has 1 spiro atoms. The Balaban J connectivity index is 1.76. The molecule has 0 aromatic heterocycles. The van der Waals surface area contributed by atoms with Crippen molar-refractivity contribution in [1.82, 2.24) is 9.62 Å². The number of nitrogens with one attached hydrogen (secondary N) is 1. The smallest absolute Gasteiger partial charge is 0.410 e. The third kappa shape index (κ3) is 3.98. The molecule has 1 aliphatic carbocycles. The van der Waals surface area contributed by atoms with Gasteiger partial charge in [0.2, 0.25) is 0 Å². The van der Waals surface area contributed by atoms with Crippen molar-refractivity contribution in [3.05, 3.63) is 35.4 Å². The number of fused-ring (bicyclic) bond motifs is 2. The van der Waals surface area contributed by atoms with E-state index in [0.717, 1.165) is 12.8 Å². The fraction of sp³-hybridized carbons (Fsp3) is 0.667. The standard InChI is InChI=1S/C21H32N2O3S/c1-19(2,3)26-18(24)23-13-11-21(12-14-23)16-10-8-7-9-15(16)17(21)22-27(25)20(4,5)6/h7-10,17,22H,11-14H2,1-6H3/t17-,27+/m0/s1. The molecule has 1 amide bonds. The molecule has 5 nitrogen and oxygen atoms in total. The second-order valence-corrected chi connectivity index (χ2v) is 11.6. The number of carbonyl (C=O) groups excluding carboxylic acids is 1. The van der Waals surface area contributed by atoms with Crippen LogP contribution in [0, 0.1) is 0 Å². The minimum Gasteiger partial charge on any atom is -0.598 e. The maximum Gasteiger partial charge on any atom is 0.410 e. The number of ether oxygens (including phenoxy) is 1. The van der Waals surface area contributed by atoms with Gasteiger partial charge < -0.3 is 14.2 Å². The number of benzene rings is 1. The predicted octanol–water partition coefficient (Wildman–Crippen LogP) is 4.06. The fourth-order valence-corrected chi connectivity index (χ4v) is 4.93. The zero-order valence-electron chi connectivity index (χ0n) is 17.3. The van der Waals surface area contributed by atoms with E-state index in [1.807, 2.05) is 47.6 Å². The minimum absolute atomic E-state index is 0.0595. The fourth-order valence-electron chi connectivity index (χ4n) is 4.01. The number of hydrogen-bond donors (Lipinski definition) is 1. The largest absolute Gasteiger partial charge is 0.598 e. The zero-order valence-corrected chi connectivity index (χ0v) is 18.1. The summed E-state index contributed by atoms with van der Waals surface area (Å²) in [5, 5.41) is 0. The number of nitrogens with zero attached hydrogens (tertiary/aromatic N) is 1. The van der Waals surface area contributed by atoms with Gasteiger partial charge in [0.05, 0.1) is 6.04 Å². The van der Waals surface area contributed by atoms with Crippen LogP contribution in [0.15, 0.2) is 24.3 Å². The molecule has 6 heteroatoms. The van der Waals surface area contributed by atoms with E-state index >= 15 is 0 Å². The van der Waals surface area contributed by atoms with Gasteiger partial charge in [-0.05, 0) is 65.5 Å². The highest BCUT2D eigenvalue weighted by molar-refractivity contribution is 7.90. The molecule has 1 fully saturated rings. The summed E-state index contributed by atoms with van der Waals surface area (Å²) in [7, 11) is 0. The van der Waals surface area contributed by atoms with E-state index in [-0.39, 0.29) is 22.3 Å². The highest BCUT2D eigenvalue weighted by atomic mass is 32.2. The lowest BCUT2D eigenvalue weighted by Gasteiger charge is -2.54. The Morgan fingerprint density at radius 3 is 2.33 bits per heavy atom. The van der Waals surface area contributed by atoms with E-state index in [2.05, 4.69) is 22.9 Å². The van der Waals surface area contributed by atoms with Gasteiger partial charge in [0.1, 0.15) is 10.3 Å². The maximum absolute atomic E-state index is 12.7. The van der Waals surface area contributed by atoms with Crippen LogP contribution < -0.4 is 4.72 Å². The molecule has 1 saturated heterocycles. The summed E-state index contributed by atoms with van der Waals surface area (Å²) in [4.78, 5) is 14.2. The molecule has 0 saturated carbocycles. The normalized spacial score (nSPS) is 22.8. The van der Waals surface area contributed by atoms with E-state index in [4.69, 9.17) is 4.74 Å². The number of carbonyl (C=O) groups is 1. The summed E-state index contributed by atoms with van der Waals surface area (Å²) < 4.78 is 21.3. The van der Waals surface area contributed by atoms with E-state index in [9.17, 15) is 9.35 Å². The van der Waals surface area contributed by atoms with Crippen LogP contribution in [0.4, 0.5) is 4.79 Å². The van der Waals surface area contributed by atoms with Crippen LogP contribution in [0.1, 0.15) is 71.6 Å². The van der Waals surface area contributed by atoms with Crippen LogP contribution in [-0.4, -0.2) is 39.0 Å². The van der Waals surface area contributed by atoms with Crippen LogP contribution in [-0.2, 0) is 21.5 Å². The van der Waals surface area contributed by atoms with Crippen molar-refractivity contribution in [1.29, 1.82) is 0 Å². The van der Waals surface area contributed by atoms with E-state index in [0.29, 0.717) is 13.1 Å². The Hall–Kier alpha value is -1.24. The van der Waals surface area contributed by atoms with E-state index in [1.165, 1.54) is 11.1 Å². The first-order valence-corrected chi connectivity index (χ1v) is 10.8. The van der Waals surface area contributed by atoms with Crippen LogP contribution in [0.5, 0.6) is 0 Å². The van der Waals surface area contributed by atoms with Crippen molar-refractivity contribution in [3.63, 3.8) is 0 Å². The average Bonchev–Trinajstić information content (AvgIpc) is 2.57. The van der Waals surface area contributed by atoms with Crippen molar-refractivity contribution < 1.29 is 14.1 Å². The molecule has 0 unspecified atom stereocenters. The molecule has 3 rings (SSSR count). The van der Waals surface area contributed by atoms with Gasteiger partial charge in [-0.25, -0.2) is 4.79 Å². The SMILES string of the molecule is CC(C)(C)OC(=O)N1CCC2(CC1)c1ccccc1[C@@H]2N[S@+]([O-])C(C)(C)C. The molecule has 150 valence electrons. The van der Waals surface area contributed by atoms with Gasteiger partial charge in [-0.15, -0.1) is 4.72 Å². The predicted molar refractivity (Wildman–Crippen MR) is 109 cm³/mol. The van der Waals surface area contributed by atoms with Crippen molar-refractivity contribution in [2.75, 3.05) is 13.1 Å². The van der Waals surface area contributed by atoms with Gasteiger partial charge in [0.15, 0.2) is 0 Å². The maximum atomic E-state index is 12.7. The van der Waals surface area contributed by atoms with Crippen molar-refractivity contribution in [2.45, 2.75) is 76.2 Å². The summed E-state index contributed by atoms with van der Waals surface area (Å²) in [6.45, 7) is 12.9. The molecular weight excluding hydrogens is 360 g/mol. The third-order valence-corrected chi connectivity index (χ3v) is 7.01. The number of amides is 1. The summed E-state index contributed by atoms with van der Waals surface area (Å²) in [5.74, 6) is 0. The molecule has 1 aliphatic heterocycles. The Kier molecular flexibility index (Phi) is 5.30. The van der Waals surface area contributed by atoms with Crippen LogP contribution in [0.25, 0.3) is 0 Å². The molecule has 0 radical (unpaired) electrons. The van der Waals surface area contributed by atoms with Gasteiger partial charge >= 0.3 is 6.09 Å². The number of hydrogen-bond acceptors (Lipinski definition) is 4. The first-order valence-electron chi connectivity index (χ1n) is 9.69. The van der Waals surface area contributed by atoms with E-state index in [1.54, 1.807) is 4.90 Å². The van der Waals surface area contributed by atoms with Crippen LogP contribution >= 0.6 is 0 Å². The van der Waals surface area contributed by atoms with Crippen LogP contribution in [0.3, 0.4) is 0 Å². The monoisotopic (exact) mass is 392 g/mol. The second-order valence-electron chi connectivity index (χ2n) is 9.64. The Labute approximate surface area is 166 Å². The summed E-state index contributed by atoms with van der Waals surface area (Å²) in [6, 6.07) is 8.47. The molecule has 2 aliphatic rings. The first kappa shape index (κ1) is 20.5. The zero-order chi connectivity index (χ0) is 20.0. The van der Waals surface area contributed by atoms with E-state index < -0.39 is 17.0 Å². The second kappa shape index (κ2) is 6.98. The molecule has 1 heterocycles. The lowest BCUT2D eigenvalue weighted by Crippen LogP contribution is -2.59. The summed E-state index contributed by atoms with van der Waals surface area (Å²) >= 11 is -1.14. The molecule has 27 heavy (non-hydrogen) atoms. The summed E-state index contributed by atoms with van der Waals surface area (Å²) in [6.07, 6.45) is 1.46. The van der Waals surface area contributed by atoms with Gasteiger partial charge in [0.25, 0.3) is 0 Å². The van der Waals surface area contributed by atoms with Gasteiger partial charge in [-0.3, -0.25) is 0 Å². The lowest BCUT2D eigenvalue weighted by atomic mass is 9.56. The van der Waals surface area contributed by atoms with Gasteiger partial charge in [-0.1, -0.05) is 24.3 Å². The highest BCUT2D eigenvalue weighted by Gasteiger charge is 2.55. The van der Waals surface area contributed by atoms with Crippen molar-refractivity contribution in [3.8, 4) is 0 Å². The average molecular weight is 393 g/mol. The van der Waals surface area contributed by atoms with Gasteiger partial charge in [-0.2, -0.15) is 0 Å². The molecule has 1 aromatic rings. The number of rotatable bonds is 2. The van der Waals surface area contributed by atoms with Crippen molar-refractivity contribution in [2.24, 2.45) is 0 Å². The topological polar surface area (TPSA) is 64.6 Å². The summed E-state index contributed by atoms with van der Waals surface area (Å²) in [5.41, 5.74) is 2.02. The number of likely N-dealkylation sites (tertiary alicyclic amines) is 1. The first-order chi connectivity index (χ1) is 12.4. The number of piperidine rings is 1. The molecule has 1 aromatic carbocycles. The van der Waals surface area contributed by atoms with Crippen molar-refractivity contribution >= 4 is 17.5 Å². The molecule has 0 bridgehead atoms. The lowest BCUT2D eigenvalue weighted by molar-refractivity contribution is 0.0122. The Morgan fingerprint density at radius 1 is 1.19 bits per heavy atom.